The summed E-state index contributed by atoms with van der Waals surface area (Å²) in [6, 6.07) is 13.1. The minimum absolute atomic E-state index is 0.370. The van der Waals surface area contributed by atoms with Crippen LogP contribution in [0.1, 0.15) is 5.56 Å². The Hall–Kier alpha value is -1.95. The summed E-state index contributed by atoms with van der Waals surface area (Å²) in [4.78, 5) is 16.9. The van der Waals surface area contributed by atoms with Crippen molar-refractivity contribution in [2.75, 3.05) is 20.8 Å². The first-order valence-electron chi connectivity index (χ1n) is 6.67. The molecule has 112 valence electrons. The third-order valence-electron chi connectivity index (χ3n) is 3.43. The van der Waals surface area contributed by atoms with E-state index in [9.17, 15) is 9.90 Å². The normalized spacial score (nSPS) is 12.6. The zero-order valence-electron chi connectivity index (χ0n) is 12.2. The molecule has 5 nitrogen and oxygen atoms in total. The fourth-order valence-corrected chi connectivity index (χ4v) is 2.32. The van der Waals surface area contributed by atoms with E-state index in [0.717, 1.165) is 16.3 Å². The molecule has 21 heavy (non-hydrogen) atoms. The molecule has 1 atom stereocenters. The monoisotopic (exact) mass is 289 g/mol. The molecule has 0 saturated heterocycles. The lowest BCUT2D eigenvalue weighted by atomic mass is 10.0. The molecule has 0 bridgehead atoms. The van der Waals surface area contributed by atoms with Crippen molar-refractivity contribution < 1.29 is 19.5 Å². The molecule has 1 unspecified atom stereocenters. The summed E-state index contributed by atoms with van der Waals surface area (Å²) in [5, 5.41) is 13.0. The summed E-state index contributed by atoms with van der Waals surface area (Å²) >= 11 is 0. The molecule has 0 fully saturated rings. The Morgan fingerprint density at radius 3 is 2.57 bits per heavy atom. The molecule has 0 aromatic heterocycles. The first-order chi connectivity index (χ1) is 10.2. The lowest BCUT2D eigenvalue weighted by molar-refractivity contribution is -0.196. The number of methoxy groups -OCH3 is 1. The minimum atomic E-state index is -0.848. The highest BCUT2D eigenvalue weighted by Crippen LogP contribution is 2.21. The van der Waals surface area contributed by atoms with Crippen LogP contribution in [0.25, 0.3) is 10.8 Å². The summed E-state index contributed by atoms with van der Waals surface area (Å²) in [6.07, 6.45) is 0. The molecule has 0 amide bonds. The number of esters is 1. The van der Waals surface area contributed by atoms with Crippen molar-refractivity contribution in [2.45, 2.75) is 12.6 Å². The van der Waals surface area contributed by atoms with Crippen LogP contribution >= 0.6 is 0 Å². The van der Waals surface area contributed by atoms with Crippen molar-refractivity contribution in [2.24, 2.45) is 0 Å². The van der Waals surface area contributed by atoms with Crippen molar-refractivity contribution in [3.8, 4) is 0 Å². The van der Waals surface area contributed by atoms with E-state index in [1.807, 2.05) is 42.5 Å². The third kappa shape index (κ3) is 3.39. The number of benzene rings is 2. The highest BCUT2D eigenvalue weighted by Gasteiger charge is 2.27. The second-order valence-electron chi connectivity index (χ2n) is 4.62. The number of nitrogens with zero attached hydrogens (tertiary/aromatic N) is 1. The highest BCUT2D eigenvalue weighted by molar-refractivity contribution is 5.85. The molecular formula is C16H19NO4. The first-order valence-corrected chi connectivity index (χ1v) is 6.67. The van der Waals surface area contributed by atoms with E-state index in [-0.39, 0.29) is 6.61 Å². The number of carbonyl (C=O) groups is 1. The summed E-state index contributed by atoms with van der Waals surface area (Å²) in [5.41, 5.74) is 1.01. The van der Waals surface area contributed by atoms with Crippen LogP contribution in [-0.2, 0) is 20.9 Å². The number of fused-ring (bicyclic) bond motifs is 1. The number of hydrogen-bond acceptors (Lipinski definition) is 5. The highest BCUT2D eigenvalue weighted by atomic mass is 16.7. The molecule has 0 spiro atoms. The SMILES string of the molecule is COC(=O)C(CO)N(Cc1cccc2ccccc12)OC. The van der Waals surface area contributed by atoms with Gasteiger partial charge in [0.25, 0.3) is 0 Å². The van der Waals surface area contributed by atoms with Crippen molar-refractivity contribution in [1.29, 1.82) is 0 Å². The van der Waals surface area contributed by atoms with Gasteiger partial charge in [0.05, 0.1) is 27.4 Å². The molecule has 1 N–H and O–H groups in total. The van der Waals surface area contributed by atoms with E-state index in [4.69, 9.17) is 9.57 Å². The molecule has 0 heterocycles. The number of rotatable bonds is 6. The van der Waals surface area contributed by atoms with Crippen LogP contribution in [0.4, 0.5) is 0 Å². The number of carbonyl (C=O) groups excluding carboxylic acids is 1. The van der Waals surface area contributed by atoms with Gasteiger partial charge in [0.1, 0.15) is 0 Å². The molecule has 2 aromatic rings. The van der Waals surface area contributed by atoms with Gasteiger partial charge >= 0.3 is 5.97 Å². The van der Waals surface area contributed by atoms with Gasteiger partial charge in [0, 0.05) is 0 Å². The van der Waals surface area contributed by atoms with Crippen molar-refractivity contribution in [3.05, 3.63) is 48.0 Å². The fraction of sp³-hybridized carbons (Fsp3) is 0.312. The number of hydrogen-bond donors (Lipinski definition) is 1. The second kappa shape index (κ2) is 7.17. The van der Waals surface area contributed by atoms with Gasteiger partial charge < -0.3 is 14.7 Å². The molecule has 0 aliphatic heterocycles. The summed E-state index contributed by atoms with van der Waals surface area (Å²) in [7, 11) is 2.76. The maximum atomic E-state index is 11.7. The Labute approximate surface area is 123 Å². The van der Waals surface area contributed by atoms with Gasteiger partial charge in [-0.1, -0.05) is 42.5 Å². The first kappa shape index (κ1) is 15.4. The van der Waals surface area contributed by atoms with Crippen LogP contribution in [0.2, 0.25) is 0 Å². The van der Waals surface area contributed by atoms with Crippen LogP contribution < -0.4 is 0 Å². The lowest BCUT2D eigenvalue weighted by Crippen LogP contribution is -2.43. The predicted molar refractivity (Wildman–Crippen MR) is 79.4 cm³/mol. The number of aliphatic hydroxyl groups is 1. The quantitative estimate of drug-likeness (QED) is 0.648. The second-order valence-corrected chi connectivity index (χ2v) is 4.62. The zero-order chi connectivity index (χ0) is 15.2. The molecule has 2 rings (SSSR count). The van der Waals surface area contributed by atoms with E-state index < -0.39 is 12.0 Å². The van der Waals surface area contributed by atoms with Crippen LogP contribution in [-0.4, -0.2) is 43.0 Å². The predicted octanol–water partition coefficient (Wildman–Crippen LogP) is 1.74. The average Bonchev–Trinajstić information content (AvgIpc) is 2.54. The van der Waals surface area contributed by atoms with Crippen molar-refractivity contribution in [3.63, 3.8) is 0 Å². The van der Waals surface area contributed by atoms with Gasteiger partial charge in [-0.15, -0.1) is 0 Å². The summed E-state index contributed by atoms with van der Waals surface area (Å²) in [6.45, 7) is 0.00343. The van der Waals surface area contributed by atoms with Crippen molar-refractivity contribution in [1.82, 2.24) is 5.06 Å². The Morgan fingerprint density at radius 2 is 1.90 bits per heavy atom. The maximum absolute atomic E-state index is 11.7. The summed E-state index contributed by atoms with van der Waals surface area (Å²) < 4.78 is 4.69. The van der Waals surface area contributed by atoms with Crippen LogP contribution in [0.15, 0.2) is 42.5 Å². The molecule has 0 radical (unpaired) electrons. The van der Waals surface area contributed by atoms with Gasteiger partial charge in [-0.2, -0.15) is 5.06 Å². The molecule has 2 aromatic carbocycles. The minimum Gasteiger partial charge on any atom is -0.468 e. The van der Waals surface area contributed by atoms with E-state index in [0.29, 0.717) is 6.54 Å². The summed E-state index contributed by atoms with van der Waals surface area (Å²) in [5.74, 6) is -0.528. The van der Waals surface area contributed by atoms with E-state index >= 15 is 0 Å². The number of hydroxylamine groups is 2. The van der Waals surface area contributed by atoms with Gasteiger partial charge in [0.15, 0.2) is 6.04 Å². The van der Waals surface area contributed by atoms with Gasteiger partial charge in [0.2, 0.25) is 0 Å². The standard InChI is InChI=1S/C16H19NO4/c1-20-16(19)15(11-18)17(21-2)10-13-8-5-7-12-6-3-4-9-14(12)13/h3-9,15,18H,10-11H2,1-2H3. The fourth-order valence-electron chi connectivity index (χ4n) is 2.32. The Morgan fingerprint density at radius 1 is 1.19 bits per heavy atom. The number of ether oxygens (including phenoxy) is 1. The lowest BCUT2D eigenvalue weighted by Gasteiger charge is -2.26. The Bertz CT molecular complexity index is 609. The van der Waals surface area contributed by atoms with Crippen LogP contribution in [0, 0.1) is 0 Å². The largest absolute Gasteiger partial charge is 0.468 e. The molecule has 0 saturated carbocycles. The third-order valence-corrected chi connectivity index (χ3v) is 3.43. The Balaban J connectivity index is 2.30. The van der Waals surface area contributed by atoms with Crippen molar-refractivity contribution >= 4 is 16.7 Å². The van der Waals surface area contributed by atoms with Gasteiger partial charge in [-0.05, 0) is 16.3 Å². The van der Waals surface area contributed by atoms with Gasteiger partial charge in [-0.3, -0.25) is 4.79 Å². The van der Waals surface area contributed by atoms with E-state index in [2.05, 4.69) is 0 Å². The maximum Gasteiger partial charge on any atom is 0.327 e. The Kier molecular flexibility index (Phi) is 5.27. The van der Waals surface area contributed by atoms with Crippen LogP contribution in [0.3, 0.4) is 0 Å². The molecule has 5 heteroatoms. The van der Waals surface area contributed by atoms with E-state index in [1.54, 1.807) is 0 Å². The number of aliphatic hydroxyl groups excluding tert-OH is 1. The zero-order valence-corrected chi connectivity index (χ0v) is 12.2. The topological polar surface area (TPSA) is 59.0 Å². The van der Waals surface area contributed by atoms with Crippen LogP contribution in [0.5, 0.6) is 0 Å². The average molecular weight is 289 g/mol. The van der Waals surface area contributed by atoms with Gasteiger partial charge in [-0.25, -0.2) is 0 Å². The molecular weight excluding hydrogens is 270 g/mol. The molecule has 0 aliphatic carbocycles. The molecule has 0 aliphatic rings. The smallest absolute Gasteiger partial charge is 0.327 e. The van der Waals surface area contributed by atoms with E-state index in [1.165, 1.54) is 19.3 Å².